The van der Waals surface area contributed by atoms with Crippen LogP contribution in [0.3, 0.4) is 0 Å². The van der Waals surface area contributed by atoms with E-state index in [9.17, 15) is 9.59 Å². The maximum absolute atomic E-state index is 13.1. The van der Waals surface area contributed by atoms with Gasteiger partial charge in [0.2, 0.25) is 0 Å². The molecule has 5 nitrogen and oxygen atoms in total. The molecule has 0 aliphatic carbocycles. The topological polar surface area (TPSA) is 63.5 Å². The fourth-order valence-electron chi connectivity index (χ4n) is 3.17. The number of aromatic nitrogens is 2. The molecule has 0 aliphatic rings. The Morgan fingerprint density at radius 3 is 2.39 bits per heavy atom. The minimum Gasteiger partial charge on any atom is -0.321 e. The number of thiazole rings is 1. The third-order valence-electron chi connectivity index (χ3n) is 4.76. The van der Waals surface area contributed by atoms with Gasteiger partial charge in [0.05, 0.1) is 5.69 Å². The second-order valence-corrected chi connectivity index (χ2v) is 7.64. The summed E-state index contributed by atoms with van der Waals surface area (Å²) in [6.45, 7) is 5.86. The van der Waals surface area contributed by atoms with Crippen LogP contribution in [0.2, 0.25) is 0 Å². The highest BCUT2D eigenvalue weighted by Gasteiger charge is 2.18. The number of benzene rings is 2. The molecule has 2 aromatic carbocycles. The van der Waals surface area contributed by atoms with Gasteiger partial charge in [-0.3, -0.25) is 14.0 Å². The molecule has 0 aliphatic heterocycles. The molecule has 4 rings (SSSR count). The molecule has 6 heteroatoms. The molecule has 2 heterocycles. The molecule has 140 valence electrons. The molecular weight excluding hydrogens is 370 g/mol. The molecule has 0 radical (unpaired) electrons. The van der Waals surface area contributed by atoms with Crippen molar-refractivity contribution < 1.29 is 4.79 Å². The van der Waals surface area contributed by atoms with Gasteiger partial charge < -0.3 is 5.32 Å². The van der Waals surface area contributed by atoms with Crippen LogP contribution < -0.4 is 10.9 Å². The Bertz CT molecular complexity index is 1230. The molecule has 2 aromatic heterocycles. The fourth-order valence-corrected chi connectivity index (χ4v) is 4.03. The standard InChI is InChI=1S/C22H19N3O2S/c1-13-7-9-16(10-8-13)18-12-28-22-23-11-17(21(27)25(18)22)20(26)24-19-14(2)5-4-6-15(19)3/h4-12H,1-3H3,(H,24,26). The Morgan fingerprint density at radius 1 is 1.04 bits per heavy atom. The number of hydrogen-bond donors (Lipinski definition) is 1. The summed E-state index contributed by atoms with van der Waals surface area (Å²) in [7, 11) is 0. The highest BCUT2D eigenvalue weighted by molar-refractivity contribution is 7.15. The van der Waals surface area contributed by atoms with Gasteiger partial charge in [-0.2, -0.15) is 0 Å². The van der Waals surface area contributed by atoms with Crippen molar-refractivity contribution >= 4 is 27.9 Å². The third-order valence-corrected chi connectivity index (χ3v) is 5.60. The Hall–Kier alpha value is -3.25. The van der Waals surface area contributed by atoms with E-state index in [1.807, 2.05) is 68.6 Å². The molecule has 0 fully saturated rings. The molecule has 1 amide bonds. The van der Waals surface area contributed by atoms with Gasteiger partial charge in [-0.05, 0) is 37.5 Å². The van der Waals surface area contributed by atoms with Gasteiger partial charge in [0.1, 0.15) is 5.56 Å². The van der Waals surface area contributed by atoms with E-state index in [-0.39, 0.29) is 11.1 Å². The highest BCUT2D eigenvalue weighted by Crippen LogP contribution is 2.25. The minimum atomic E-state index is -0.453. The smallest absolute Gasteiger partial charge is 0.271 e. The van der Waals surface area contributed by atoms with Gasteiger partial charge in [0.25, 0.3) is 11.5 Å². The molecule has 4 aromatic rings. The summed E-state index contributed by atoms with van der Waals surface area (Å²) in [5.41, 5.74) is 5.05. The van der Waals surface area contributed by atoms with E-state index in [4.69, 9.17) is 0 Å². The Balaban J connectivity index is 1.79. The van der Waals surface area contributed by atoms with Crippen molar-refractivity contribution in [2.75, 3.05) is 5.32 Å². The van der Waals surface area contributed by atoms with Crippen molar-refractivity contribution in [2.24, 2.45) is 0 Å². The number of nitrogens with one attached hydrogen (secondary N) is 1. The number of hydrogen-bond acceptors (Lipinski definition) is 4. The van der Waals surface area contributed by atoms with Gasteiger partial charge in [0, 0.05) is 17.3 Å². The lowest BCUT2D eigenvalue weighted by atomic mass is 10.1. The van der Waals surface area contributed by atoms with Gasteiger partial charge in [-0.15, -0.1) is 11.3 Å². The second kappa shape index (κ2) is 7.05. The van der Waals surface area contributed by atoms with Crippen LogP contribution in [0, 0.1) is 20.8 Å². The first-order chi connectivity index (χ1) is 13.5. The maximum atomic E-state index is 13.1. The molecule has 0 saturated carbocycles. The number of anilines is 1. The number of para-hydroxylation sites is 1. The van der Waals surface area contributed by atoms with Crippen molar-refractivity contribution in [2.45, 2.75) is 20.8 Å². The third kappa shape index (κ3) is 3.12. The van der Waals surface area contributed by atoms with Crippen molar-refractivity contribution in [3.63, 3.8) is 0 Å². The Kier molecular flexibility index (Phi) is 4.57. The number of carbonyl (C=O) groups is 1. The number of aryl methyl sites for hydroxylation is 3. The van der Waals surface area contributed by atoms with E-state index in [1.54, 1.807) is 0 Å². The van der Waals surface area contributed by atoms with Crippen LogP contribution in [-0.2, 0) is 0 Å². The number of fused-ring (bicyclic) bond motifs is 1. The van der Waals surface area contributed by atoms with Crippen LogP contribution in [0.4, 0.5) is 5.69 Å². The lowest BCUT2D eigenvalue weighted by Gasteiger charge is -2.11. The van der Waals surface area contributed by atoms with Crippen molar-refractivity contribution in [1.82, 2.24) is 9.38 Å². The Labute approximate surface area is 166 Å². The van der Waals surface area contributed by atoms with Crippen LogP contribution in [0.1, 0.15) is 27.0 Å². The predicted molar refractivity (Wildman–Crippen MR) is 113 cm³/mol. The van der Waals surface area contributed by atoms with Crippen LogP contribution in [0.5, 0.6) is 0 Å². The summed E-state index contributed by atoms with van der Waals surface area (Å²) in [5, 5.41) is 4.76. The molecular formula is C22H19N3O2S. The van der Waals surface area contributed by atoms with Crippen LogP contribution >= 0.6 is 11.3 Å². The largest absolute Gasteiger partial charge is 0.321 e. The van der Waals surface area contributed by atoms with E-state index in [0.29, 0.717) is 4.96 Å². The molecule has 0 bridgehead atoms. The predicted octanol–water partition coefficient (Wildman–Crippen LogP) is 4.60. The average Bonchev–Trinajstić information content (AvgIpc) is 3.10. The van der Waals surface area contributed by atoms with Crippen molar-refractivity contribution in [3.8, 4) is 11.3 Å². The Morgan fingerprint density at radius 2 is 1.71 bits per heavy atom. The van der Waals surface area contributed by atoms with E-state index >= 15 is 0 Å². The van der Waals surface area contributed by atoms with Crippen LogP contribution in [-0.4, -0.2) is 15.3 Å². The van der Waals surface area contributed by atoms with E-state index in [1.165, 1.54) is 21.9 Å². The summed E-state index contributed by atoms with van der Waals surface area (Å²) in [5.74, 6) is -0.453. The van der Waals surface area contributed by atoms with Crippen molar-refractivity contribution in [1.29, 1.82) is 0 Å². The van der Waals surface area contributed by atoms with Crippen molar-refractivity contribution in [3.05, 3.63) is 86.6 Å². The van der Waals surface area contributed by atoms with Gasteiger partial charge in [-0.1, -0.05) is 48.0 Å². The summed E-state index contributed by atoms with van der Waals surface area (Å²) >= 11 is 1.38. The molecule has 0 spiro atoms. The first-order valence-electron chi connectivity index (χ1n) is 8.89. The molecule has 1 N–H and O–H groups in total. The van der Waals surface area contributed by atoms with Crippen LogP contribution in [0.25, 0.3) is 16.2 Å². The van der Waals surface area contributed by atoms with Gasteiger partial charge >= 0.3 is 0 Å². The SMILES string of the molecule is Cc1ccc(-c2csc3ncc(C(=O)Nc4c(C)cccc4C)c(=O)n23)cc1. The number of nitrogens with zero attached hydrogens (tertiary/aromatic N) is 2. The van der Waals surface area contributed by atoms with Gasteiger partial charge in [0.15, 0.2) is 4.96 Å². The van der Waals surface area contributed by atoms with E-state index < -0.39 is 5.91 Å². The lowest BCUT2D eigenvalue weighted by molar-refractivity contribution is 0.102. The molecule has 28 heavy (non-hydrogen) atoms. The minimum absolute atomic E-state index is 0.0203. The van der Waals surface area contributed by atoms with Crippen LogP contribution in [0.15, 0.2) is 58.8 Å². The molecule has 0 atom stereocenters. The fraction of sp³-hybridized carbons (Fsp3) is 0.136. The average molecular weight is 389 g/mol. The summed E-state index contributed by atoms with van der Waals surface area (Å²) in [6, 6.07) is 13.7. The van der Waals surface area contributed by atoms with E-state index in [0.717, 1.165) is 33.6 Å². The summed E-state index contributed by atoms with van der Waals surface area (Å²) in [6.07, 6.45) is 1.36. The lowest BCUT2D eigenvalue weighted by Crippen LogP contribution is -2.27. The normalized spacial score (nSPS) is 11.0. The second-order valence-electron chi connectivity index (χ2n) is 6.80. The zero-order valence-corrected chi connectivity index (χ0v) is 16.6. The first-order valence-corrected chi connectivity index (χ1v) is 9.77. The number of amides is 1. The molecule has 0 saturated heterocycles. The molecule has 0 unspecified atom stereocenters. The monoisotopic (exact) mass is 389 g/mol. The summed E-state index contributed by atoms with van der Waals surface area (Å²) < 4.78 is 1.51. The zero-order valence-electron chi connectivity index (χ0n) is 15.8. The van der Waals surface area contributed by atoms with Gasteiger partial charge in [-0.25, -0.2) is 4.98 Å². The zero-order chi connectivity index (χ0) is 19.8. The first kappa shape index (κ1) is 18.1. The number of carbonyl (C=O) groups excluding carboxylic acids is 1. The number of rotatable bonds is 3. The van der Waals surface area contributed by atoms with E-state index in [2.05, 4.69) is 10.3 Å². The highest BCUT2D eigenvalue weighted by atomic mass is 32.1. The quantitative estimate of drug-likeness (QED) is 0.557. The maximum Gasteiger partial charge on any atom is 0.271 e. The summed E-state index contributed by atoms with van der Waals surface area (Å²) in [4.78, 5) is 30.9.